The van der Waals surface area contributed by atoms with Gasteiger partial charge in [0, 0.05) is 19.1 Å². The molecule has 0 aliphatic carbocycles. The Hall–Kier alpha value is -3.02. The fraction of sp³-hybridized carbons (Fsp3) is 0.391. The predicted octanol–water partition coefficient (Wildman–Crippen LogP) is 3.06. The second-order valence-corrected chi connectivity index (χ2v) is 7.08. The summed E-state index contributed by atoms with van der Waals surface area (Å²) in [7, 11) is 1.56. The molecule has 2 aromatic rings. The molecule has 0 spiro atoms. The van der Waals surface area contributed by atoms with Gasteiger partial charge < -0.3 is 19.7 Å². The molecular formula is C23H28N2O4. The average molecular weight is 396 g/mol. The van der Waals surface area contributed by atoms with Gasteiger partial charge in [0.05, 0.1) is 12.7 Å². The molecule has 1 N–H and O–H groups in total. The number of methoxy groups -OCH3 is 1. The minimum atomic E-state index is -0.134. The van der Waals surface area contributed by atoms with E-state index in [1.165, 1.54) is 0 Å². The Labute approximate surface area is 171 Å². The van der Waals surface area contributed by atoms with Crippen LogP contribution >= 0.6 is 0 Å². The predicted molar refractivity (Wildman–Crippen MR) is 111 cm³/mol. The summed E-state index contributed by atoms with van der Waals surface area (Å²) >= 11 is 0. The Morgan fingerprint density at radius 3 is 2.38 bits per heavy atom. The van der Waals surface area contributed by atoms with Gasteiger partial charge in [-0.25, -0.2) is 0 Å². The van der Waals surface area contributed by atoms with Gasteiger partial charge in [-0.05, 0) is 43.0 Å². The second-order valence-electron chi connectivity index (χ2n) is 7.08. The fourth-order valence-corrected chi connectivity index (χ4v) is 3.57. The number of aryl methyl sites for hydroxylation is 1. The van der Waals surface area contributed by atoms with Crippen molar-refractivity contribution in [3.05, 3.63) is 59.7 Å². The lowest BCUT2D eigenvalue weighted by atomic mass is 10.0. The van der Waals surface area contributed by atoms with Gasteiger partial charge >= 0.3 is 0 Å². The SMILES string of the molecule is CCc1ccccc1OCC(=O)NC1CCN(C(=O)c2ccccc2OC)CC1. The summed E-state index contributed by atoms with van der Waals surface area (Å²) in [5.74, 6) is 1.16. The van der Waals surface area contributed by atoms with Gasteiger partial charge in [-0.1, -0.05) is 37.3 Å². The van der Waals surface area contributed by atoms with E-state index < -0.39 is 0 Å². The van der Waals surface area contributed by atoms with E-state index in [2.05, 4.69) is 12.2 Å². The number of amides is 2. The number of benzene rings is 2. The lowest BCUT2D eigenvalue weighted by Gasteiger charge is -2.32. The molecule has 0 atom stereocenters. The number of likely N-dealkylation sites (tertiary alicyclic amines) is 1. The first-order valence-electron chi connectivity index (χ1n) is 10.0. The number of carbonyl (C=O) groups is 2. The molecule has 1 aliphatic heterocycles. The highest BCUT2D eigenvalue weighted by atomic mass is 16.5. The molecule has 1 heterocycles. The molecule has 0 unspecified atom stereocenters. The number of para-hydroxylation sites is 2. The maximum Gasteiger partial charge on any atom is 0.258 e. The van der Waals surface area contributed by atoms with Crippen molar-refractivity contribution in [1.82, 2.24) is 10.2 Å². The van der Waals surface area contributed by atoms with Crippen LogP contribution in [0.15, 0.2) is 48.5 Å². The lowest BCUT2D eigenvalue weighted by Crippen LogP contribution is -2.47. The van der Waals surface area contributed by atoms with Crippen molar-refractivity contribution < 1.29 is 19.1 Å². The zero-order valence-electron chi connectivity index (χ0n) is 17.0. The highest BCUT2D eigenvalue weighted by Crippen LogP contribution is 2.22. The van der Waals surface area contributed by atoms with E-state index in [1.807, 2.05) is 41.3 Å². The fourth-order valence-electron chi connectivity index (χ4n) is 3.57. The Bertz CT molecular complexity index is 844. The van der Waals surface area contributed by atoms with Gasteiger partial charge in [0.15, 0.2) is 6.61 Å². The van der Waals surface area contributed by atoms with Crippen LogP contribution in [0.5, 0.6) is 11.5 Å². The van der Waals surface area contributed by atoms with Crippen LogP contribution in [0.25, 0.3) is 0 Å². The number of rotatable bonds is 7. The van der Waals surface area contributed by atoms with Crippen LogP contribution in [0, 0.1) is 0 Å². The second kappa shape index (κ2) is 9.96. The molecule has 1 aliphatic rings. The monoisotopic (exact) mass is 396 g/mol. The first kappa shape index (κ1) is 20.7. The maximum absolute atomic E-state index is 12.8. The van der Waals surface area contributed by atoms with Gasteiger partial charge in [0.2, 0.25) is 0 Å². The zero-order chi connectivity index (χ0) is 20.6. The van der Waals surface area contributed by atoms with Crippen LogP contribution in [-0.4, -0.2) is 49.6 Å². The number of carbonyl (C=O) groups excluding carboxylic acids is 2. The average Bonchev–Trinajstić information content (AvgIpc) is 2.77. The van der Waals surface area contributed by atoms with Gasteiger partial charge in [0.1, 0.15) is 11.5 Å². The number of ether oxygens (including phenoxy) is 2. The normalized spacial score (nSPS) is 14.3. The van der Waals surface area contributed by atoms with Gasteiger partial charge in [-0.15, -0.1) is 0 Å². The Kier molecular flexibility index (Phi) is 7.11. The highest BCUT2D eigenvalue weighted by Gasteiger charge is 2.26. The minimum absolute atomic E-state index is 0.00261. The van der Waals surface area contributed by atoms with Crippen molar-refractivity contribution in [2.24, 2.45) is 0 Å². The molecule has 0 saturated carbocycles. The van der Waals surface area contributed by atoms with Crippen molar-refractivity contribution >= 4 is 11.8 Å². The Morgan fingerprint density at radius 1 is 1.03 bits per heavy atom. The topological polar surface area (TPSA) is 67.9 Å². The van der Waals surface area contributed by atoms with Crippen LogP contribution < -0.4 is 14.8 Å². The van der Waals surface area contributed by atoms with Crippen LogP contribution in [0.4, 0.5) is 0 Å². The molecule has 0 bridgehead atoms. The molecule has 1 saturated heterocycles. The van der Waals surface area contributed by atoms with E-state index in [0.29, 0.717) is 24.4 Å². The largest absolute Gasteiger partial charge is 0.496 e. The van der Waals surface area contributed by atoms with Crippen molar-refractivity contribution in [2.75, 3.05) is 26.8 Å². The third-order valence-corrected chi connectivity index (χ3v) is 5.20. The summed E-state index contributed by atoms with van der Waals surface area (Å²) in [6, 6.07) is 15.0. The molecule has 2 aromatic carbocycles. The molecule has 29 heavy (non-hydrogen) atoms. The zero-order valence-corrected chi connectivity index (χ0v) is 17.0. The lowest BCUT2D eigenvalue weighted by molar-refractivity contribution is -0.124. The molecule has 3 rings (SSSR count). The van der Waals surface area contributed by atoms with E-state index in [-0.39, 0.29) is 24.5 Å². The van der Waals surface area contributed by atoms with E-state index in [0.717, 1.165) is 30.6 Å². The quantitative estimate of drug-likeness (QED) is 0.781. The molecule has 6 nitrogen and oxygen atoms in total. The van der Waals surface area contributed by atoms with Gasteiger partial charge in [0.25, 0.3) is 11.8 Å². The number of nitrogens with zero attached hydrogens (tertiary/aromatic N) is 1. The first-order chi connectivity index (χ1) is 14.1. The smallest absolute Gasteiger partial charge is 0.258 e. The van der Waals surface area contributed by atoms with Crippen molar-refractivity contribution in [1.29, 1.82) is 0 Å². The maximum atomic E-state index is 12.8. The molecule has 0 aromatic heterocycles. The first-order valence-corrected chi connectivity index (χ1v) is 10.0. The highest BCUT2D eigenvalue weighted by molar-refractivity contribution is 5.97. The summed E-state index contributed by atoms with van der Waals surface area (Å²) in [5.41, 5.74) is 1.66. The van der Waals surface area contributed by atoms with E-state index in [1.54, 1.807) is 19.2 Å². The van der Waals surface area contributed by atoms with Gasteiger partial charge in [-0.2, -0.15) is 0 Å². The van der Waals surface area contributed by atoms with Crippen LogP contribution in [-0.2, 0) is 11.2 Å². The Morgan fingerprint density at radius 2 is 1.69 bits per heavy atom. The van der Waals surface area contributed by atoms with Crippen molar-refractivity contribution in [2.45, 2.75) is 32.2 Å². The van der Waals surface area contributed by atoms with Crippen LogP contribution in [0.3, 0.4) is 0 Å². The number of hydrogen-bond acceptors (Lipinski definition) is 4. The molecule has 154 valence electrons. The van der Waals surface area contributed by atoms with Gasteiger partial charge in [-0.3, -0.25) is 9.59 Å². The molecule has 0 radical (unpaired) electrons. The standard InChI is InChI=1S/C23H28N2O4/c1-3-17-8-4-6-10-20(17)29-16-22(26)24-18-12-14-25(15-13-18)23(27)19-9-5-7-11-21(19)28-2/h4-11,18H,3,12-16H2,1-2H3,(H,24,26). The minimum Gasteiger partial charge on any atom is -0.496 e. The summed E-state index contributed by atoms with van der Waals surface area (Å²) in [5, 5.41) is 3.02. The summed E-state index contributed by atoms with van der Waals surface area (Å²) in [6.07, 6.45) is 2.30. The van der Waals surface area contributed by atoms with Crippen molar-refractivity contribution in [3.63, 3.8) is 0 Å². The molecular weight excluding hydrogens is 368 g/mol. The number of hydrogen-bond donors (Lipinski definition) is 1. The van der Waals surface area contributed by atoms with Crippen LogP contribution in [0.1, 0.15) is 35.7 Å². The van der Waals surface area contributed by atoms with E-state index in [4.69, 9.17) is 9.47 Å². The number of piperidine rings is 1. The summed E-state index contributed by atoms with van der Waals surface area (Å²) in [6.45, 7) is 3.25. The number of nitrogens with one attached hydrogen (secondary N) is 1. The third-order valence-electron chi connectivity index (χ3n) is 5.20. The van der Waals surface area contributed by atoms with Crippen LogP contribution in [0.2, 0.25) is 0 Å². The molecule has 1 fully saturated rings. The summed E-state index contributed by atoms with van der Waals surface area (Å²) < 4.78 is 11.0. The summed E-state index contributed by atoms with van der Waals surface area (Å²) in [4.78, 5) is 26.9. The molecule has 6 heteroatoms. The van der Waals surface area contributed by atoms with E-state index in [9.17, 15) is 9.59 Å². The van der Waals surface area contributed by atoms with E-state index >= 15 is 0 Å². The molecule has 2 amide bonds. The Balaban J connectivity index is 1.47. The van der Waals surface area contributed by atoms with Crippen molar-refractivity contribution in [3.8, 4) is 11.5 Å². The third kappa shape index (κ3) is 5.28.